The first-order chi connectivity index (χ1) is 18.0. The van der Waals surface area contributed by atoms with Crippen molar-refractivity contribution in [3.05, 3.63) is 92.8 Å². The van der Waals surface area contributed by atoms with Crippen molar-refractivity contribution < 1.29 is 19.0 Å². The summed E-state index contributed by atoms with van der Waals surface area (Å²) in [4.78, 5) is 20.3. The lowest BCUT2D eigenvalue weighted by Gasteiger charge is -2.15. The Morgan fingerprint density at radius 2 is 1.89 bits per heavy atom. The van der Waals surface area contributed by atoms with Crippen LogP contribution in [-0.4, -0.2) is 42.8 Å². The number of amides is 1. The van der Waals surface area contributed by atoms with E-state index >= 15 is 0 Å². The number of benzene rings is 3. The summed E-state index contributed by atoms with van der Waals surface area (Å²) >= 11 is 4.98. The fourth-order valence-electron chi connectivity index (χ4n) is 3.77. The normalized spacial score (nSPS) is 15.6. The monoisotopic (exact) mass is 580 g/mol. The van der Waals surface area contributed by atoms with Gasteiger partial charge < -0.3 is 14.2 Å². The third-order valence-electron chi connectivity index (χ3n) is 5.55. The first-order valence-electron chi connectivity index (χ1n) is 12.0. The van der Waals surface area contributed by atoms with Crippen LogP contribution in [0.15, 0.2) is 81.1 Å². The fraction of sp³-hybridized carbons (Fsp3) is 0.241. The van der Waals surface area contributed by atoms with Crippen molar-refractivity contribution in [2.75, 3.05) is 26.9 Å². The van der Waals surface area contributed by atoms with Crippen molar-refractivity contribution in [3.8, 4) is 11.5 Å². The fourth-order valence-corrected chi connectivity index (χ4v) is 5.37. The van der Waals surface area contributed by atoms with E-state index in [2.05, 4.69) is 35.0 Å². The molecule has 37 heavy (non-hydrogen) atoms. The van der Waals surface area contributed by atoms with Gasteiger partial charge in [0, 0.05) is 6.61 Å². The second kappa shape index (κ2) is 12.9. The number of rotatable bonds is 10. The SMILES string of the molecule is CCOCCN1C(=O)/C(=C/c2cc(Br)c(OCc3cccc(C)c3)c(OC)c2)SC1=Nc1ccccc1. The highest BCUT2D eigenvalue weighted by Gasteiger charge is 2.33. The van der Waals surface area contributed by atoms with Crippen molar-refractivity contribution in [2.24, 2.45) is 4.99 Å². The lowest BCUT2D eigenvalue weighted by molar-refractivity contribution is -0.122. The van der Waals surface area contributed by atoms with Crippen LogP contribution in [0.1, 0.15) is 23.6 Å². The summed E-state index contributed by atoms with van der Waals surface area (Å²) < 4.78 is 18.0. The van der Waals surface area contributed by atoms with Crippen LogP contribution in [-0.2, 0) is 16.1 Å². The second-order valence-electron chi connectivity index (χ2n) is 8.31. The molecule has 0 bridgehead atoms. The van der Waals surface area contributed by atoms with Crippen molar-refractivity contribution in [1.29, 1.82) is 0 Å². The average molecular weight is 582 g/mol. The number of ether oxygens (including phenoxy) is 3. The quantitative estimate of drug-likeness (QED) is 0.191. The number of para-hydroxylation sites is 1. The van der Waals surface area contributed by atoms with Crippen molar-refractivity contribution in [3.63, 3.8) is 0 Å². The molecule has 1 aliphatic rings. The average Bonchev–Trinajstić information content (AvgIpc) is 3.17. The number of amidine groups is 1. The van der Waals surface area contributed by atoms with Crippen LogP contribution in [0.25, 0.3) is 6.08 Å². The number of thioether (sulfide) groups is 1. The highest BCUT2D eigenvalue weighted by atomic mass is 79.9. The molecule has 1 fully saturated rings. The van der Waals surface area contributed by atoms with E-state index in [4.69, 9.17) is 19.2 Å². The van der Waals surface area contributed by atoms with Crippen molar-refractivity contribution in [2.45, 2.75) is 20.5 Å². The van der Waals surface area contributed by atoms with E-state index in [1.165, 1.54) is 17.3 Å². The van der Waals surface area contributed by atoms with E-state index in [1.807, 2.05) is 67.6 Å². The number of nitrogens with zero attached hydrogens (tertiary/aromatic N) is 2. The molecule has 1 amide bonds. The molecule has 1 aliphatic heterocycles. The number of aryl methyl sites for hydroxylation is 1. The molecule has 0 aromatic heterocycles. The summed E-state index contributed by atoms with van der Waals surface area (Å²) in [5, 5.41) is 0.631. The van der Waals surface area contributed by atoms with E-state index in [-0.39, 0.29) is 5.91 Å². The van der Waals surface area contributed by atoms with E-state index in [0.29, 0.717) is 47.9 Å². The van der Waals surface area contributed by atoms with E-state index in [9.17, 15) is 4.79 Å². The van der Waals surface area contributed by atoms with Crippen LogP contribution in [0.3, 0.4) is 0 Å². The maximum Gasteiger partial charge on any atom is 0.266 e. The van der Waals surface area contributed by atoms with E-state index < -0.39 is 0 Å². The van der Waals surface area contributed by atoms with Gasteiger partial charge in [-0.2, -0.15) is 0 Å². The summed E-state index contributed by atoms with van der Waals surface area (Å²) in [6.45, 7) is 5.87. The van der Waals surface area contributed by atoms with Crippen molar-refractivity contribution in [1.82, 2.24) is 4.90 Å². The number of hydrogen-bond acceptors (Lipinski definition) is 6. The third-order valence-corrected chi connectivity index (χ3v) is 7.14. The molecule has 0 saturated carbocycles. The van der Waals surface area contributed by atoms with Crippen molar-refractivity contribution >= 4 is 50.5 Å². The van der Waals surface area contributed by atoms with Gasteiger partial charge >= 0.3 is 0 Å². The molecule has 4 rings (SSSR count). The van der Waals surface area contributed by atoms with Crippen LogP contribution < -0.4 is 9.47 Å². The molecule has 0 spiro atoms. The Morgan fingerprint density at radius 1 is 1.08 bits per heavy atom. The summed E-state index contributed by atoms with van der Waals surface area (Å²) in [6.07, 6.45) is 1.85. The maximum atomic E-state index is 13.3. The van der Waals surface area contributed by atoms with Gasteiger partial charge in [-0.3, -0.25) is 9.69 Å². The molecule has 3 aromatic rings. The van der Waals surface area contributed by atoms with Crippen LogP contribution in [0.5, 0.6) is 11.5 Å². The minimum Gasteiger partial charge on any atom is -0.493 e. The predicted molar refractivity (Wildman–Crippen MR) is 154 cm³/mol. The summed E-state index contributed by atoms with van der Waals surface area (Å²) in [7, 11) is 1.60. The van der Waals surface area contributed by atoms with Crippen LogP contribution >= 0.6 is 27.7 Å². The highest BCUT2D eigenvalue weighted by Crippen LogP contribution is 2.40. The van der Waals surface area contributed by atoms with Crippen LogP contribution in [0.2, 0.25) is 0 Å². The summed E-state index contributed by atoms with van der Waals surface area (Å²) in [5.41, 5.74) is 3.86. The Labute approximate surface area is 230 Å². The standard InChI is InChI=1S/C29H29BrN2O4S/c1-4-35-14-13-32-28(33)26(37-29(32)31-23-11-6-5-7-12-23)18-22-16-24(30)27(25(17-22)34-3)36-19-21-10-8-9-20(2)15-21/h5-12,15-18H,4,13-14,19H2,1-3H3/b26-18-,31-29?. The molecule has 0 unspecified atom stereocenters. The topological polar surface area (TPSA) is 60.4 Å². The molecule has 0 N–H and O–H groups in total. The molecular formula is C29H29BrN2O4S. The molecule has 192 valence electrons. The predicted octanol–water partition coefficient (Wildman–Crippen LogP) is 6.99. The Bertz CT molecular complexity index is 1310. The first-order valence-corrected chi connectivity index (χ1v) is 13.6. The van der Waals surface area contributed by atoms with Gasteiger partial charge in [0.1, 0.15) is 6.61 Å². The lowest BCUT2D eigenvalue weighted by atomic mass is 10.1. The van der Waals surface area contributed by atoms with Crippen LogP contribution in [0, 0.1) is 6.92 Å². The number of carbonyl (C=O) groups is 1. The molecule has 1 heterocycles. The molecule has 3 aromatic carbocycles. The van der Waals surface area contributed by atoms with Gasteiger partial charge in [0.15, 0.2) is 16.7 Å². The first kappa shape index (κ1) is 27.0. The number of carbonyl (C=O) groups excluding carboxylic acids is 1. The Hall–Kier alpha value is -3.07. The van der Waals surface area contributed by atoms with Gasteiger partial charge in [0.2, 0.25) is 0 Å². The number of halogens is 1. The Morgan fingerprint density at radius 3 is 2.62 bits per heavy atom. The smallest absolute Gasteiger partial charge is 0.266 e. The van der Waals surface area contributed by atoms with Gasteiger partial charge in [0.25, 0.3) is 5.91 Å². The number of aliphatic imine (C=N–C) groups is 1. The molecular weight excluding hydrogens is 552 g/mol. The van der Waals surface area contributed by atoms with E-state index in [0.717, 1.165) is 21.3 Å². The van der Waals surface area contributed by atoms with Gasteiger partial charge in [-0.1, -0.05) is 48.0 Å². The Balaban J connectivity index is 1.59. The second-order valence-corrected chi connectivity index (χ2v) is 10.2. The molecule has 1 saturated heterocycles. The van der Waals surface area contributed by atoms with Gasteiger partial charge in [-0.05, 0) is 83.0 Å². The molecule has 0 radical (unpaired) electrons. The Kier molecular flexibility index (Phi) is 9.44. The minimum absolute atomic E-state index is 0.103. The van der Waals surface area contributed by atoms with Gasteiger partial charge in [0.05, 0.1) is 35.3 Å². The molecule has 0 aliphatic carbocycles. The highest BCUT2D eigenvalue weighted by molar-refractivity contribution is 9.10. The zero-order chi connectivity index (χ0) is 26.2. The summed E-state index contributed by atoms with van der Waals surface area (Å²) in [5.74, 6) is 1.09. The molecule has 0 atom stereocenters. The zero-order valence-corrected chi connectivity index (χ0v) is 23.5. The van der Waals surface area contributed by atoms with Gasteiger partial charge in [-0.25, -0.2) is 4.99 Å². The lowest BCUT2D eigenvalue weighted by Crippen LogP contribution is -2.32. The van der Waals surface area contributed by atoms with Gasteiger partial charge in [-0.15, -0.1) is 0 Å². The number of methoxy groups -OCH3 is 1. The number of hydrogen-bond donors (Lipinski definition) is 0. The zero-order valence-electron chi connectivity index (χ0n) is 21.1. The summed E-state index contributed by atoms with van der Waals surface area (Å²) in [6, 6.07) is 21.6. The molecule has 8 heteroatoms. The van der Waals surface area contributed by atoms with E-state index in [1.54, 1.807) is 12.0 Å². The third kappa shape index (κ3) is 7.03. The largest absolute Gasteiger partial charge is 0.493 e. The van der Waals surface area contributed by atoms with Crippen LogP contribution in [0.4, 0.5) is 5.69 Å². The minimum atomic E-state index is -0.103. The maximum absolute atomic E-state index is 13.3. The molecule has 6 nitrogen and oxygen atoms in total.